The number of barbiturate groups is 1. The number of rotatable bonds is 10. The van der Waals surface area contributed by atoms with Crippen LogP contribution < -0.4 is 20.1 Å². The van der Waals surface area contributed by atoms with Crippen LogP contribution in [0.15, 0.2) is 77.4 Å². The van der Waals surface area contributed by atoms with E-state index in [1.54, 1.807) is 73.8 Å². The minimum absolute atomic E-state index is 0.0801. The summed E-state index contributed by atoms with van der Waals surface area (Å²) in [6.07, 6.45) is 1.57. The summed E-state index contributed by atoms with van der Waals surface area (Å²) in [6, 6.07) is 18.0. The van der Waals surface area contributed by atoms with Gasteiger partial charge >= 0.3 is 6.03 Å². The predicted molar refractivity (Wildman–Crippen MR) is 136 cm³/mol. The average molecular weight is 530 g/mol. The quantitative estimate of drug-likeness (QED) is 0.230. The van der Waals surface area contributed by atoms with E-state index in [0.717, 1.165) is 0 Å². The molecule has 39 heavy (non-hydrogen) atoms. The number of benzene rings is 2. The summed E-state index contributed by atoms with van der Waals surface area (Å²) in [6.45, 7) is 2.26. The zero-order chi connectivity index (χ0) is 27.2. The summed E-state index contributed by atoms with van der Waals surface area (Å²) in [4.78, 5) is 45.4. The van der Waals surface area contributed by atoms with Gasteiger partial charge in [0.05, 0.1) is 6.61 Å². The molecule has 1 aliphatic heterocycles. The SMILES string of the molecule is CCOCCC1(Oc2ccc(Oc3ccc(-c4nc(-c5ccccn5)no4)cc3)cc2)C(=O)NC(=O)NC1=O. The zero-order valence-electron chi connectivity index (χ0n) is 20.7. The molecule has 0 bridgehead atoms. The fourth-order valence-corrected chi connectivity index (χ4v) is 3.79. The second kappa shape index (κ2) is 11.1. The number of pyridine rings is 1. The van der Waals surface area contributed by atoms with Gasteiger partial charge in [0.25, 0.3) is 23.3 Å². The number of carbonyl (C=O) groups is 3. The Morgan fingerprint density at radius 2 is 1.54 bits per heavy atom. The first-order valence-corrected chi connectivity index (χ1v) is 12.0. The lowest BCUT2D eigenvalue weighted by atomic mass is 9.95. The molecule has 1 saturated heterocycles. The van der Waals surface area contributed by atoms with Gasteiger partial charge in [-0.15, -0.1) is 0 Å². The van der Waals surface area contributed by atoms with Crippen LogP contribution in [0.25, 0.3) is 23.0 Å². The molecule has 0 unspecified atom stereocenters. The lowest BCUT2D eigenvalue weighted by molar-refractivity contribution is -0.153. The van der Waals surface area contributed by atoms with Crippen LogP contribution in [0.3, 0.4) is 0 Å². The monoisotopic (exact) mass is 529 g/mol. The summed E-state index contributed by atoms with van der Waals surface area (Å²) in [5, 5.41) is 8.15. The molecule has 2 aromatic carbocycles. The standard InChI is InChI=1S/C27H23N5O7/c1-2-36-16-14-27(24(33)30-26(35)31-25(27)34)38-20-12-10-19(11-13-20)37-18-8-6-17(7-9-18)23-29-22(32-39-23)21-5-3-4-15-28-21/h3-13,15H,2,14,16H2,1H3,(H2,30,31,33,34,35). The molecule has 198 valence electrons. The first-order valence-electron chi connectivity index (χ1n) is 12.0. The number of urea groups is 1. The summed E-state index contributed by atoms with van der Waals surface area (Å²) >= 11 is 0. The number of hydrogen-bond donors (Lipinski definition) is 2. The van der Waals surface area contributed by atoms with Crippen molar-refractivity contribution in [2.24, 2.45) is 0 Å². The van der Waals surface area contributed by atoms with E-state index in [1.165, 1.54) is 0 Å². The Morgan fingerprint density at radius 1 is 0.872 bits per heavy atom. The summed E-state index contributed by atoms with van der Waals surface area (Å²) in [5.41, 5.74) is -0.633. The Hall–Kier alpha value is -5.10. The third-order valence-corrected chi connectivity index (χ3v) is 5.76. The second-order valence-corrected chi connectivity index (χ2v) is 8.35. The highest BCUT2D eigenvalue weighted by Crippen LogP contribution is 2.30. The third-order valence-electron chi connectivity index (χ3n) is 5.76. The maximum Gasteiger partial charge on any atom is 0.328 e. The molecule has 0 atom stereocenters. The van der Waals surface area contributed by atoms with Crippen LogP contribution in [-0.2, 0) is 14.3 Å². The molecule has 4 amide bonds. The van der Waals surface area contributed by atoms with Gasteiger partial charge in [-0.3, -0.25) is 25.2 Å². The van der Waals surface area contributed by atoms with Crippen molar-refractivity contribution in [1.82, 2.24) is 25.8 Å². The Labute approximate surface area is 222 Å². The normalized spacial score (nSPS) is 14.4. The number of amides is 4. The number of nitrogens with zero attached hydrogens (tertiary/aromatic N) is 3. The minimum atomic E-state index is -1.95. The van der Waals surface area contributed by atoms with E-state index in [9.17, 15) is 14.4 Å². The molecular formula is C27H23N5O7. The molecule has 12 nitrogen and oxygen atoms in total. The van der Waals surface area contributed by atoms with Crippen LogP contribution >= 0.6 is 0 Å². The molecule has 0 radical (unpaired) electrons. The van der Waals surface area contributed by atoms with Gasteiger partial charge in [-0.1, -0.05) is 11.2 Å². The van der Waals surface area contributed by atoms with Crippen molar-refractivity contribution in [1.29, 1.82) is 0 Å². The molecule has 5 rings (SSSR count). The van der Waals surface area contributed by atoms with Crippen molar-refractivity contribution in [2.45, 2.75) is 18.9 Å². The fourth-order valence-electron chi connectivity index (χ4n) is 3.79. The van der Waals surface area contributed by atoms with Gasteiger partial charge in [-0.2, -0.15) is 4.98 Å². The van der Waals surface area contributed by atoms with Crippen molar-refractivity contribution in [3.8, 4) is 40.2 Å². The zero-order valence-corrected chi connectivity index (χ0v) is 20.7. The van der Waals surface area contributed by atoms with Crippen LogP contribution in [0.4, 0.5) is 4.79 Å². The van der Waals surface area contributed by atoms with Crippen LogP contribution in [0.5, 0.6) is 17.2 Å². The van der Waals surface area contributed by atoms with Crippen molar-refractivity contribution in [3.63, 3.8) is 0 Å². The molecule has 12 heteroatoms. The Bertz CT molecular complexity index is 1450. The number of carbonyl (C=O) groups excluding carboxylic acids is 3. The van der Waals surface area contributed by atoms with E-state index in [0.29, 0.717) is 41.1 Å². The van der Waals surface area contributed by atoms with Gasteiger partial charge in [0, 0.05) is 24.8 Å². The molecule has 2 aromatic heterocycles. The first kappa shape index (κ1) is 25.5. The largest absolute Gasteiger partial charge is 0.467 e. The highest BCUT2D eigenvalue weighted by molar-refractivity contribution is 6.21. The van der Waals surface area contributed by atoms with Gasteiger partial charge < -0.3 is 18.7 Å². The molecule has 0 spiro atoms. The summed E-state index contributed by atoms with van der Waals surface area (Å²) in [7, 11) is 0. The maximum atomic E-state index is 12.6. The number of nitrogens with one attached hydrogen (secondary N) is 2. The molecular weight excluding hydrogens is 506 g/mol. The van der Waals surface area contributed by atoms with E-state index in [2.05, 4.69) is 25.8 Å². The number of aromatic nitrogens is 3. The minimum Gasteiger partial charge on any atom is -0.467 e. The van der Waals surface area contributed by atoms with Gasteiger partial charge in [-0.05, 0) is 67.6 Å². The predicted octanol–water partition coefficient (Wildman–Crippen LogP) is 3.50. The van der Waals surface area contributed by atoms with Crippen LogP contribution in [0, 0.1) is 0 Å². The fraction of sp³-hybridized carbons (Fsp3) is 0.185. The van der Waals surface area contributed by atoms with E-state index >= 15 is 0 Å². The van der Waals surface area contributed by atoms with E-state index in [4.69, 9.17) is 18.7 Å². The Kier molecular flexibility index (Phi) is 7.28. The topological polar surface area (TPSA) is 155 Å². The first-order chi connectivity index (χ1) is 19.0. The molecule has 0 aliphatic carbocycles. The van der Waals surface area contributed by atoms with Gasteiger partial charge in [0.15, 0.2) is 0 Å². The van der Waals surface area contributed by atoms with E-state index in [1.807, 2.05) is 6.07 Å². The number of imide groups is 2. The van der Waals surface area contributed by atoms with Crippen molar-refractivity contribution in [3.05, 3.63) is 72.9 Å². The van der Waals surface area contributed by atoms with Crippen LogP contribution in [0.1, 0.15) is 13.3 Å². The van der Waals surface area contributed by atoms with Crippen molar-refractivity contribution in [2.75, 3.05) is 13.2 Å². The van der Waals surface area contributed by atoms with E-state index < -0.39 is 23.4 Å². The lowest BCUT2D eigenvalue weighted by Crippen LogP contribution is -2.69. The highest BCUT2D eigenvalue weighted by atomic mass is 16.5. The lowest BCUT2D eigenvalue weighted by Gasteiger charge is -2.34. The van der Waals surface area contributed by atoms with Crippen molar-refractivity contribution >= 4 is 17.8 Å². The van der Waals surface area contributed by atoms with Gasteiger partial charge in [-0.25, -0.2) is 4.79 Å². The molecule has 0 saturated carbocycles. The van der Waals surface area contributed by atoms with Crippen LogP contribution in [0.2, 0.25) is 0 Å². The molecule has 1 aliphatic rings. The molecule has 2 N–H and O–H groups in total. The molecule has 3 heterocycles. The summed E-state index contributed by atoms with van der Waals surface area (Å²) < 4.78 is 22.4. The average Bonchev–Trinajstić information content (AvgIpc) is 3.44. The Balaban J connectivity index is 1.25. The molecule has 1 fully saturated rings. The molecule has 4 aromatic rings. The summed E-state index contributed by atoms with van der Waals surface area (Å²) in [5.74, 6) is 0.293. The third kappa shape index (κ3) is 5.60. The Morgan fingerprint density at radius 3 is 2.18 bits per heavy atom. The van der Waals surface area contributed by atoms with Crippen LogP contribution in [-0.4, -0.2) is 51.8 Å². The number of ether oxygens (including phenoxy) is 3. The smallest absolute Gasteiger partial charge is 0.328 e. The highest BCUT2D eigenvalue weighted by Gasteiger charge is 2.52. The second-order valence-electron chi connectivity index (χ2n) is 8.35. The van der Waals surface area contributed by atoms with Gasteiger partial charge in [0.2, 0.25) is 5.82 Å². The van der Waals surface area contributed by atoms with Gasteiger partial charge in [0.1, 0.15) is 22.9 Å². The van der Waals surface area contributed by atoms with Crippen molar-refractivity contribution < 1.29 is 33.1 Å². The number of hydrogen-bond acceptors (Lipinski definition) is 10. The maximum absolute atomic E-state index is 12.6. The van der Waals surface area contributed by atoms with E-state index in [-0.39, 0.29) is 18.8 Å².